The van der Waals surface area contributed by atoms with Gasteiger partial charge in [0.1, 0.15) is 11.9 Å². The normalized spacial score (nSPS) is 12.1. The lowest BCUT2D eigenvalue weighted by Crippen LogP contribution is -2.09. The molecule has 5 heteroatoms. The molecular weight excluding hydrogens is 522 g/mol. The molecule has 0 aliphatic heterocycles. The van der Waals surface area contributed by atoms with Gasteiger partial charge < -0.3 is 14.2 Å². The molecule has 0 aliphatic carbocycles. The zero-order valence-electron chi connectivity index (χ0n) is 25.4. The van der Waals surface area contributed by atoms with Crippen molar-refractivity contribution in [1.82, 2.24) is 4.40 Å². The Bertz CT molecular complexity index is 1430. The average molecular weight is 568 g/mol. The third-order valence-corrected chi connectivity index (χ3v) is 7.78. The van der Waals surface area contributed by atoms with E-state index >= 15 is 0 Å². The third kappa shape index (κ3) is 8.58. The van der Waals surface area contributed by atoms with Crippen LogP contribution >= 0.6 is 0 Å². The molecule has 1 unspecified atom stereocenters. The van der Waals surface area contributed by atoms with E-state index in [1.807, 2.05) is 54.7 Å². The summed E-state index contributed by atoms with van der Waals surface area (Å²) in [7, 11) is 0. The summed E-state index contributed by atoms with van der Waals surface area (Å²) in [5.74, 6) is 0.626. The molecule has 1 N–H and O–H groups in total. The summed E-state index contributed by atoms with van der Waals surface area (Å²) in [6.45, 7) is 6.70. The maximum atomic E-state index is 13.6. The van der Waals surface area contributed by atoms with Crippen LogP contribution in [0.2, 0.25) is 0 Å². The second kappa shape index (κ2) is 15.4. The highest BCUT2D eigenvalue weighted by Crippen LogP contribution is 2.29. The van der Waals surface area contributed by atoms with Crippen molar-refractivity contribution in [2.75, 3.05) is 0 Å². The van der Waals surface area contributed by atoms with Crippen molar-refractivity contribution in [3.63, 3.8) is 0 Å². The zero-order valence-corrected chi connectivity index (χ0v) is 25.4. The standard InChI is InChI=1S/C37H45NO4/c1-4-5-7-14-35(29-18-16-28(17-19-29)25-27(2)3)42-32-22-20-30(21-23-32)37(41)33-26-31(12-8-6-9-15-36(39)40)38-24-11-10-13-34(33)38/h10-11,13,16-24,26-27,35H,4-9,12,14-15,25H2,1-3H3,(H,39,40). The second-order valence-corrected chi connectivity index (χ2v) is 11.8. The molecule has 0 bridgehead atoms. The van der Waals surface area contributed by atoms with Gasteiger partial charge in [-0.15, -0.1) is 0 Å². The Hall–Kier alpha value is -3.86. The minimum Gasteiger partial charge on any atom is -0.486 e. The van der Waals surface area contributed by atoms with Gasteiger partial charge >= 0.3 is 5.97 Å². The average Bonchev–Trinajstić information content (AvgIpc) is 3.35. The number of aliphatic carboxylic acids is 1. The van der Waals surface area contributed by atoms with E-state index in [0.29, 0.717) is 23.5 Å². The molecule has 2 aromatic carbocycles. The number of fused-ring (bicyclic) bond motifs is 1. The molecule has 222 valence electrons. The minimum absolute atomic E-state index is 0.0115. The van der Waals surface area contributed by atoms with Crippen molar-refractivity contribution < 1.29 is 19.4 Å². The van der Waals surface area contributed by atoms with Gasteiger partial charge in [0, 0.05) is 29.4 Å². The SMILES string of the molecule is CCCCCC(Oc1ccc(C(=O)c2cc(CCCCCC(=O)O)n3ccccc23)cc1)c1ccc(CC(C)C)cc1. The number of benzene rings is 2. The molecule has 42 heavy (non-hydrogen) atoms. The summed E-state index contributed by atoms with van der Waals surface area (Å²) >= 11 is 0. The maximum absolute atomic E-state index is 13.6. The Balaban J connectivity index is 1.47. The molecule has 0 spiro atoms. The number of aryl methyl sites for hydroxylation is 1. The topological polar surface area (TPSA) is 68.0 Å². The monoisotopic (exact) mass is 567 g/mol. The number of carbonyl (C=O) groups excluding carboxylic acids is 1. The van der Waals surface area contributed by atoms with Crippen LogP contribution in [0.1, 0.15) is 111 Å². The fraction of sp³-hybridized carbons (Fsp3) is 0.405. The van der Waals surface area contributed by atoms with E-state index < -0.39 is 5.97 Å². The Morgan fingerprint density at radius 1 is 0.881 bits per heavy atom. The number of pyridine rings is 1. The molecule has 4 aromatic rings. The van der Waals surface area contributed by atoms with E-state index in [9.17, 15) is 9.59 Å². The molecule has 0 aliphatic rings. The largest absolute Gasteiger partial charge is 0.486 e. The van der Waals surface area contributed by atoms with Gasteiger partial charge in [0.25, 0.3) is 0 Å². The molecule has 4 rings (SSSR count). The summed E-state index contributed by atoms with van der Waals surface area (Å²) < 4.78 is 8.59. The van der Waals surface area contributed by atoms with Crippen molar-refractivity contribution in [3.05, 3.63) is 107 Å². The van der Waals surface area contributed by atoms with Crippen molar-refractivity contribution in [3.8, 4) is 5.75 Å². The summed E-state index contributed by atoms with van der Waals surface area (Å²) in [5.41, 5.74) is 5.81. The first-order valence-corrected chi connectivity index (χ1v) is 15.6. The van der Waals surface area contributed by atoms with Crippen LogP contribution in [0.4, 0.5) is 0 Å². The van der Waals surface area contributed by atoms with Crippen LogP contribution < -0.4 is 4.74 Å². The Morgan fingerprint density at radius 2 is 1.64 bits per heavy atom. The van der Waals surface area contributed by atoms with E-state index in [0.717, 1.165) is 61.9 Å². The van der Waals surface area contributed by atoms with Gasteiger partial charge in [-0.2, -0.15) is 0 Å². The maximum Gasteiger partial charge on any atom is 0.303 e. The van der Waals surface area contributed by atoms with Gasteiger partial charge in [-0.25, -0.2) is 0 Å². The van der Waals surface area contributed by atoms with Crippen molar-refractivity contribution in [2.45, 2.75) is 91.1 Å². The van der Waals surface area contributed by atoms with Crippen molar-refractivity contribution in [2.24, 2.45) is 5.92 Å². The van der Waals surface area contributed by atoms with Gasteiger partial charge in [0.2, 0.25) is 0 Å². The molecule has 0 fully saturated rings. The number of carboxylic acid groups (broad SMARTS) is 1. The number of rotatable bonds is 17. The number of ketones is 1. The number of carbonyl (C=O) groups is 2. The zero-order chi connectivity index (χ0) is 29.9. The van der Waals surface area contributed by atoms with Crippen molar-refractivity contribution in [1.29, 1.82) is 0 Å². The number of aromatic nitrogens is 1. The molecule has 2 aromatic heterocycles. The minimum atomic E-state index is -0.754. The highest BCUT2D eigenvalue weighted by molar-refractivity contribution is 6.13. The van der Waals surface area contributed by atoms with E-state index in [1.54, 1.807) is 0 Å². The Labute approximate surface area is 250 Å². The predicted molar refractivity (Wildman–Crippen MR) is 170 cm³/mol. The molecule has 1 atom stereocenters. The second-order valence-electron chi connectivity index (χ2n) is 11.8. The molecule has 0 radical (unpaired) electrons. The number of nitrogens with zero attached hydrogens (tertiary/aromatic N) is 1. The van der Waals surface area contributed by atoms with Gasteiger partial charge in [0.05, 0.1) is 5.52 Å². The third-order valence-electron chi connectivity index (χ3n) is 7.78. The highest BCUT2D eigenvalue weighted by atomic mass is 16.5. The number of hydrogen-bond donors (Lipinski definition) is 1. The summed E-state index contributed by atoms with van der Waals surface area (Å²) in [6, 6.07) is 24.3. The molecular formula is C37H45NO4. The lowest BCUT2D eigenvalue weighted by molar-refractivity contribution is -0.137. The van der Waals surface area contributed by atoms with Crippen LogP contribution in [-0.2, 0) is 17.6 Å². The molecule has 2 heterocycles. The van der Waals surface area contributed by atoms with Crippen LogP contribution in [0.15, 0.2) is 79.0 Å². The first-order chi connectivity index (χ1) is 20.4. The summed E-state index contributed by atoms with van der Waals surface area (Å²) in [6.07, 6.45) is 10.8. The molecule has 0 saturated heterocycles. The molecule has 0 amide bonds. The van der Waals surface area contributed by atoms with E-state index in [2.05, 4.69) is 49.4 Å². The molecule has 0 saturated carbocycles. The van der Waals surface area contributed by atoms with Gasteiger partial charge in [-0.05, 0) is 98.0 Å². The van der Waals surface area contributed by atoms with Gasteiger partial charge in [-0.3, -0.25) is 9.59 Å². The first-order valence-electron chi connectivity index (χ1n) is 15.6. The van der Waals surface area contributed by atoms with E-state index in [4.69, 9.17) is 9.84 Å². The lowest BCUT2D eigenvalue weighted by atomic mass is 9.98. The predicted octanol–water partition coefficient (Wildman–Crippen LogP) is 9.26. The molecule has 5 nitrogen and oxygen atoms in total. The van der Waals surface area contributed by atoms with Crippen LogP contribution in [0.5, 0.6) is 5.75 Å². The Kier molecular flexibility index (Phi) is 11.4. The smallest absolute Gasteiger partial charge is 0.303 e. The Morgan fingerprint density at radius 3 is 2.33 bits per heavy atom. The highest BCUT2D eigenvalue weighted by Gasteiger charge is 2.18. The quantitative estimate of drug-likeness (QED) is 0.102. The van der Waals surface area contributed by atoms with Crippen LogP contribution in [0.25, 0.3) is 5.52 Å². The van der Waals surface area contributed by atoms with Gasteiger partial charge in [0.15, 0.2) is 5.78 Å². The van der Waals surface area contributed by atoms with Crippen LogP contribution in [0.3, 0.4) is 0 Å². The van der Waals surface area contributed by atoms with Crippen LogP contribution in [-0.4, -0.2) is 21.3 Å². The van der Waals surface area contributed by atoms with E-state index in [-0.39, 0.29) is 18.3 Å². The van der Waals surface area contributed by atoms with Crippen LogP contribution in [0, 0.1) is 5.92 Å². The fourth-order valence-corrected chi connectivity index (χ4v) is 5.57. The number of ether oxygens (including phenoxy) is 1. The number of hydrogen-bond acceptors (Lipinski definition) is 3. The van der Waals surface area contributed by atoms with Gasteiger partial charge in [-0.1, -0.05) is 70.4 Å². The number of carboxylic acids is 1. The summed E-state index contributed by atoms with van der Waals surface area (Å²) in [5, 5.41) is 8.88. The summed E-state index contributed by atoms with van der Waals surface area (Å²) in [4.78, 5) is 24.4. The first kappa shape index (κ1) is 31.1. The lowest BCUT2D eigenvalue weighted by Gasteiger charge is -2.20. The fourth-order valence-electron chi connectivity index (χ4n) is 5.57. The number of unbranched alkanes of at least 4 members (excludes halogenated alkanes) is 4. The van der Waals surface area contributed by atoms with E-state index in [1.165, 1.54) is 17.5 Å². The van der Waals surface area contributed by atoms with Crippen molar-refractivity contribution >= 4 is 17.3 Å².